The van der Waals surface area contributed by atoms with Gasteiger partial charge in [-0.1, -0.05) is 11.6 Å². The number of carbonyl (C=O) groups is 2. The van der Waals surface area contributed by atoms with E-state index in [0.29, 0.717) is 48.9 Å². The molecule has 3 rings (SSSR count). The molecule has 1 saturated heterocycles. The van der Waals surface area contributed by atoms with Crippen LogP contribution >= 0.6 is 11.6 Å². The summed E-state index contributed by atoms with van der Waals surface area (Å²) < 4.78 is 26.5. The van der Waals surface area contributed by atoms with E-state index in [2.05, 4.69) is 5.32 Å². The minimum Gasteiger partial charge on any atom is -0.340 e. The summed E-state index contributed by atoms with van der Waals surface area (Å²) in [5.41, 5.74) is 0.970. The molecule has 0 unspecified atom stereocenters. The van der Waals surface area contributed by atoms with Gasteiger partial charge < -0.3 is 15.1 Å². The standard InChI is InChI=1S/C22H24ClN5O4S/c1-26(33(31,32)20-9-3-17(15-24)4-10-20)16-21(29)27-11-2-12-28(14-13-27)22(30)25-19-7-5-18(23)6-8-19/h3-10H,2,11-14,16H2,1H3,(H,25,30). The van der Waals surface area contributed by atoms with E-state index in [4.69, 9.17) is 16.9 Å². The van der Waals surface area contributed by atoms with Crippen LogP contribution in [0.2, 0.25) is 5.02 Å². The van der Waals surface area contributed by atoms with E-state index in [0.717, 1.165) is 4.31 Å². The third-order valence-corrected chi connectivity index (χ3v) is 7.35. The molecule has 174 valence electrons. The molecular weight excluding hydrogens is 466 g/mol. The number of halogens is 1. The lowest BCUT2D eigenvalue weighted by molar-refractivity contribution is -0.131. The Morgan fingerprint density at radius 3 is 2.27 bits per heavy atom. The molecule has 1 heterocycles. The fourth-order valence-electron chi connectivity index (χ4n) is 3.36. The van der Waals surface area contributed by atoms with E-state index in [1.54, 1.807) is 34.1 Å². The van der Waals surface area contributed by atoms with Crippen LogP contribution in [0.5, 0.6) is 0 Å². The summed E-state index contributed by atoms with van der Waals surface area (Å²) >= 11 is 5.86. The lowest BCUT2D eigenvalue weighted by atomic mass is 10.2. The maximum absolute atomic E-state index is 12.8. The minimum atomic E-state index is -3.88. The van der Waals surface area contributed by atoms with Gasteiger partial charge in [-0.2, -0.15) is 9.57 Å². The second-order valence-corrected chi connectivity index (χ2v) is 10.0. The Balaban J connectivity index is 1.56. The molecule has 0 radical (unpaired) electrons. The zero-order valence-corrected chi connectivity index (χ0v) is 19.6. The highest BCUT2D eigenvalue weighted by atomic mass is 35.5. The van der Waals surface area contributed by atoms with Crippen LogP contribution in [0.15, 0.2) is 53.4 Å². The smallest absolute Gasteiger partial charge is 0.321 e. The molecule has 1 N–H and O–H groups in total. The number of likely N-dealkylation sites (N-methyl/N-ethyl adjacent to an activating group) is 1. The van der Waals surface area contributed by atoms with Gasteiger partial charge in [0.2, 0.25) is 15.9 Å². The number of rotatable bonds is 5. The Bertz CT molecular complexity index is 1150. The van der Waals surface area contributed by atoms with Gasteiger partial charge in [-0.05, 0) is 55.0 Å². The van der Waals surface area contributed by atoms with Gasteiger partial charge >= 0.3 is 6.03 Å². The SMILES string of the molecule is CN(CC(=O)N1CCCN(C(=O)Nc2ccc(Cl)cc2)CC1)S(=O)(=O)c1ccc(C#N)cc1. The van der Waals surface area contributed by atoms with Crippen LogP contribution in [0, 0.1) is 11.3 Å². The molecule has 2 aromatic rings. The minimum absolute atomic E-state index is 0.0118. The number of nitrogens with one attached hydrogen (secondary N) is 1. The van der Waals surface area contributed by atoms with Crippen molar-refractivity contribution in [2.75, 3.05) is 45.1 Å². The lowest BCUT2D eigenvalue weighted by Crippen LogP contribution is -2.43. The zero-order chi connectivity index (χ0) is 24.0. The van der Waals surface area contributed by atoms with E-state index < -0.39 is 10.0 Å². The number of carbonyl (C=O) groups excluding carboxylic acids is 2. The van der Waals surface area contributed by atoms with Crippen LogP contribution in [0.4, 0.5) is 10.5 Å². The number of anilines is 1. The number of amides is 3. The van der Waals surface area contributed by atoms with E-state index >= 15 is 0 Å². The van der Waals surface area contributed by atoms with Crippen molar-refractivity contribution in [3.8, 4) is 6.07 Å². The fraction of sp³-hybridized carbons (Fsp3) is 0.318. The Kier molecular flexibility index (Phi) is 7.92. The number of hydrogen-bond donors (Lipinski definition) is 1. The van der Waals surface area contributed by atoms with E-state index in [1.165, 1.54) is 31.3 Å². The summed E-state index contributed by atoms with van der Waals surface area (Å²) in [5.74, 6) is -0.338. The van der Waals surface area contributed by atoms with Gasteiger partial charge in [0.1, 0.15) is 0 Å². The Morgan fingerprint density at radius 1 is 1.03 bits per heavy atom. The predicted molar refractivity (Wildman–Crippen MR) is 124 cm³/mol. The summed E-state index contributed by atoms with van der Waals surface area (Å²) in [7, 11) is -2.53. The second kappa shape index (κ2) is 10.7. The van der Waals surface area contributed by atoms with Crippen LogP contribution in [0.25, 0.3) is 0 Å². The first-order valence-corrected chi connectivity index (χ1v) is 12.1. The van der Waals surface area contributed by atoms with Gasteiger partial charge in [-0.3, -0.25) is 4.79 Å². The van der Waals surface area contributed by atoms with Crippen LogP contribution in [-0.2, 0) is 14.8 Å². The van der Waals surface area contributed by atoms with Gasteiger partial charge in [-0.25, -0.2) is 13.2 Å². The largest absolute Gasteiger partial charge is 0.340 e. The molecule has 2 aromatic carbocycles. The topological polar surface area (TPSA) is 114 Å². The van der Waals surface area contributed by atoms with Crippen molar-refractivity contribution in [3.63, 3.8) is 0 Å². The lowest BCUT2D eigenvalue weighted by Gasteiger charge is -2.24. The van der Waals surface area contributed by atoms with Crippen LogP contribution in [0.1, 0.15) is 12.0 Å². The molecular formula is C22H24ClN5O4S. The van der Waals surface area contributed by atoms with Crippen molar-refractivity contribution in [3.05, 3.63) is 59.1 Å². The fourth-order valence-corrected chi connectivity index (χ4v) is 4.61. The summed E-state index contributed by atoms with van der Waals surface area (Å²) in [6.45, 7) is 1.21. The van der Waals surface area contributed by atoms with E-state index in [9.17, 15) is 18.0 Å². The van der Waals surface area contributed by atoms with Gasteiger partial charge in [0.15, 0.2) is 0 Å². The molecule has 0 aromatic heterocycles. The first kappa shape index (κ1) is 24.5. The van der Waals surface area contributed by atoms with Crippen molar-refractivity contribution in [1.29, 1.82) is 5.26 Å². The van der Waals surface area contributed by atoms with Gasteiger partial charge in [0.05, 0.1) is 23.1 Å². The van der Waals surface area contributed by atoms with Crippen molar-refractivity contribution in [1.82, 2.24) is 14.1 Å². The number of nitriles is 1. The van der Waals surface area contributed by atoms with Crippen molar-refractivity contribution < 1.29 is 18.0 Å². The maximum atomic E-state index is 12.8. The van der Waals surface area contributed by atoms with E-state index in [-0.39, 0.29) is 23.4 Å². The first-order chi connectivity index (χ1) is 15.7. The molecule has 0 bridgehead atoms. The number of benzene rings is 2. The maximum Gasteiger partial charge on any atom is 0.321 e. The Morgan fingerprint density at radius 2 is 1.64 bits per heavy atom. The molecule has 1 aliphatic rings. The zero-order valence-electron chi connectivity index (χ0n) is 18.1. The number of sulfonamides is 1. The van der Waals surface area contributed by atoms with Crippen LogP contribution in [-0.4, -0.2) is 74.2 Å². The second-order valence-electron chi connectivity index (χ2n) is 7.56. The average Bonchev–Trinajstić information content (AvgIpc) is 3.07. The summed E-state index contributed by atoms with van der Waals surface area (Å²) in [6, 6.07) is 14.0. The van der Waals surface area contributed by atoms with Crippen LogP contribution in [0.3, 0.4) is 0 Å². The molecule has 11 heteroatoms. The number of hydrogen-bond acceptors (Lipinski definition) is 5. The summed E-state index contributed by atoms with van der Waals surface area (Å²) in [6.07, 6.45) is 0.575. The number of nitrogens with zero attached hydrogens (tertiary/aromatic N) is 4. The normalized spacial score (nSPS) is 14.5. The third-order valence-electron chi connectivity index (χ3n) is 5.28. The highest BCUT2D eigenvalue weighted by molar-refractivity contribution is 7.89. The molecule has 0 aliphatic carbocycles. The molecule has 0 saturated carbocycles. The first-order valence-electron chi connectivity index (χ1n) is 10.3. The average molecular weight is 490 g/mol. The predicted octanol–water partition coefficient (Wildman–Crippen LogP) is 2.60. The van der Waals surface area contributed by atoms with Crippen molar-refractivity contribution in [2.24, 2.45) is 0 Å². The van der Waals surface area contributed by atoms with Gasteiger partial charge in [0.25, 0.3) is 0 Å². The van der Waals surface area contributed by atoms with Crippen molar-refractivity contribution >= 4 is 39.2 Å². The van der Waals surface area contributed by atoms with Crippen molar-refractivity contribution in [2.45, 2.75) is 11.3 Å². The van der Waals surface area contributed by atoms with Crippen LogP contribution < -0.4 is 5.32 Å². The van der Waals surface area contributed by atoms with Gasteiger partial charge in [-0.15, -0.1) is 0 Å². The summed E-state index contributed by atoms with van der Waals surface area (Å²) in [5, 5.41) is 12.2. The summed E-state index contributed by atoms with van der Waals surface area (Å²) in [4.78, 5) is 28.6. The molecule has 0 atom stereocenters. The monoisotopic (exact) mass is 489 g/mol. The highest BCUT2D eigenvalue weighted by Gasteiger charge is 2.27. The van der Waals surface area contributed by atoms with Gasteiger partial charge in [0, 0.05) is 43.9 Å². The van der Waals surface area contributed by atoms with E-state index in [1.807, 2.05) is 6.07 Å². The molecule has 1 aliphatic heterocycles. The number of urea groups is 1. The molecule has 3 amide bonds. The molecule has 1 fully saturated rings. The Labute approximate surface area is 198 Å². The highest BCUT2D eigenvalue weighted by Crippen LogP contribution is 2.17. The molecule has 0 spiro atoms. The quantitative estimate of drug-likeness (QED) is 0.693. The third kappa shape index (κ3) is 6.22. The molecule has 33 heavy (non-hydrogen) atoms. The molecule has 9 nitrogen and oxygen atoms in total. The Hall–Kier alpha value is -3.13.